The second-order valence-electron chi connectivity index (χ2n) is 6.34. The first kappa shape index (κ1) is 12.8. The summed E-state index contributed by atoms with van der Waals surface area (Å²) in [6, 6.07) is 0.575. The van der Waals surface area contributed by atoms with Gasteiger partial charge in [-0.1, -0.05) is 34.6 Å². The Morgan fingerprint density at radius 2 is 1.94 bits per heavy atom. The maximum absolute atomic E-state index is 4.60. The van der Waals surface area contributed by atoms with Crippen molar-refractivity contribution < 1.29 is 0 Å². The number of hydrogen-bond acceptors (Lipinski definition) is 4. The highest BCUT2D eigenvalue weighted by atomic mass is 32.1. The molecule has 1 saturated carbocycles. The molecule has 1 aromatic rings. The van der Waals surface area contributed by atoms with Crippen LogP contribution in [0.25, 0.3) is 0 Å². The van der Waals surface area contributed by atoms with Gasteiger partial charge in [0.25, 0.3) is 0 Å². The van der Waals surface area contributed by atoms with E-state index >= 15 is 0 Å². The predicted octanol–water partition coefficient (Wildman–Crippen LogP) is 3.68. The minimum Gasteiger partial charge on any atom is -0.357 e. The summed E-state index contributed by atoms with van der Waals surface area (Å²) in [4.78, 5) is 4.60. The van der Waals surface area contributed by atoms with Crippen LogP contribution in [-0.2, 0) is 5.41 Å². The molecule has 3 nitrogen and oxygen atoms in total. The third kappa shape index (κ3) is 2.79. The molecule has 17 heavy (non-hydrogen) atoms. The average Bonchev–Trinajstić information content (AvgIpc) is 2.80. The van der Waals surface area contributed by atoms with Crippen molar-refractivity contribution in [1.29, 1.82) is 0 Å². The average molecular weight is 253 g/mol. The Morgan fingerprint density at radius 3 is 2.41 bits per heavy atom. The Kier molecular flexibility index (Phi) is 3.43. The number of hydrogen-bond donors (Lipinski definition) is 1. The van der Waals surface area contributed by atoms with E-state index in [2.05, 4.69) is 49.3 Å². The summed E-state index contributed by atoms with van der Waals surface area (Å²) in [5, 5.41) is 4.55. The van der Waals surface area contributed by atoms with Crippen LogP contribution in [0.5, 0.6) is 0 Å². The summed E-state index contributed by atoms with van der Waals surface area (Å²) in [7, 11) is 0. The molecule has 1 aliphatic carbocycles. The van der Waals surface area contributed by atoms with Gasteiger partial charge in [-0.25, -0.2) is 4.98 Å². The maximum atomic E-state index is 4.60. The van der Waals surface area contributed by atoms with E-state index < -0.39 is 0 Å². The second-order valence-corrected chi connectivity index (χ2v) is 7.09. The molecule has 0 spiro atoms. The summed E-state index contributed by atoms with van der Waals surface area (Å²) in [6.45, 7) is 11.1. The van der Waals surface area contributed by atoms with Gasteiger partial charge in [-0.2, -0.15) is 4.37 Å². The van der Waals surface area contributed by atoms with E-state index in [4.69, 9.17) is 0 Å². The fraction of sp³-hybridized carbons (Fsp3) is 0.846. The molecule has 0 aliphatic heterocycles. The van der Waals surface area contributed by atoms with Crippen molar-refractivity contribution in [2.24, 2.45) is 11.8 Å². The molecule has 1 aromatic heterocycles. The van der Waals surface area contributed by atoms with Gasteiger partial charge in [0.15, 0.2) is 0 Å². The lowest BCUT2D eigenvalue weighted by Crippen LogP contribution is -2.24. The normalized spacial score (nSPS) is 29.6. The van der Waals surface area contributed by atoms with E-state index in [1.165, 1.54) is 24.4 Å². The molecule has 1 fully saturated rings. The summed E-state index contributed by atoms with van der Waals surface area (Å²) >= 11 is 1.49. The van der Waals surface area contributed by atoms with Gasteiger partial charge in [0.05, 0.1) is 0 Å². The summed E-state index contributed by atoms with van der Waals surface area (Å²) in [5.74, 6) is 2.50. The highest BCUT2D eigenvalue weighted by Crippen LogP contribution is 2.34. The maximum Gasteiger partial charge on any atom is 0.202 e. The van der Waals surface area contributed by atoms with Crippen molar-refractivity contribution in [3.05, 3.63) is 5.82 Å². The fourth-order valence-corrected chi connectivity index (χ4v) is 3.13. The van der Waals surface area contributed by atoms with Crippen molar-refractivity contribution in [2.75, 3.05) is 5.32 Å². The third-order valence-corrected chi connectivity index (χ3v) is 4.52. The topological polar surface area (TPSA) is 37.8 Å². The van der Waals surface area contributed by atoms with Crippen LogP contribution in [0.4, 0.5) is 5.13 Å². The highest BCUT2D eigenvalue weighted by molar-refractivity contribution is 7.09. The zero-order chi connectivity index (χ0) is 12.6. The van der Waals surface area contributed by atoms with E-state index in [0.29, 0.717) is 6.04 Å². The number of nitrogens with one attached hydrogen (secondary N) is 1. The SMILES string of the molecule is CC1CCC(Nc2nc(C(C)(C)C)ns2)C1C. The number of aromatic nitrogens is 2. The molecule has 0 bridgehead atoms. The van der Waals surface area contributed by atoms with Gasteiger partial charge >= 0.3 is 0 Å². The molecule has 0 saturated heterocycles. The lowest BCUT2D eigenvalue weighted by Gasteiger charge is -2.18. The van der Waals surface area contributed by atoms with Gasteiger partial charge < -0.3 is 5.32 Å². The van der Waals surface area contributed by atoms with Crippen LogP contribution in [-0.4, -0.2) is 15.4 Å². The van der Waals surface area contributed by atoms with E-state index in [9.17, 15) is 0 Å². The lowest BCUT2D eigenvalue weighted by atomic mass is 9.96. The number of nitrogens with zero attached hydrogens (tertiary/aromatic N) is 2. The van der Waals surface area contributed by atoms with E-state index in [-0.39, 0.29) is 5.41 Å². The minimum absolute atomic E-state index is 0.0466. The quantitative estimate of drug-likeness (QED) is 0.873. The molecule has 0 aromatic carbocycles. The summed E-state index contributed by atoms with van der Waals surface area (Å²) in [6.07, 6.45) is 2.58. The Bertz CT molecular complexity index is 380. The van der Waals surface area contributed by atoms with Crippen LogP contribution in [0.15, 0.2) is 0 Å². The molecule has 0 amide bonds. The van der Waals surface area contributed by atoms with Crippen LogP contribution < -0.4 is 5.32 Å². The van der Waals surface area contributed by atoms with Gasteiger partial charge in [0.1, 0.15) is 5.82 Å². The first-order valence-electron chi connectivity index (χ1n) is 6.48. The lowest BCUT2D eigenvalue weighted by molar-refractivity contribution is 0.435. The predicted molar refractivity (Wildman–Crippen MR) is 73.6 cm³/mol. The van der Waals surface area contributed by atoms with E-state index in [0.717, 1.165) is 22.8 Å². The zero-order valence-electron chi connectivity index (χ0n) is 11.4. The van der Waals surface area contributed by atoms with Crippen LogP contribution in [0.3, 0.4) is 0 Å². The molecule has 4 heteroatoms. The molecule has 0 radical (unpaired) electrons. The van der Waals surface area contributed by atoms with E-state index in [1.807, 2.05) is 0 Å². The molecular formula is C13H23N3S. The molecule has 1 N–H and O–H groups in total. The smallest absolute Gasteiger partial charge is 0.202 e. The first-order valence-corrected chi connectivity index (χ1v) is 7.26. The van der Waals surface area contributed by atoms with Crippen LogP contribution in [0.1, 0.15) is 53.3 Å². The molecule has 1 heterocycles. The monoisotopic (exact) mass is 253 g/mol. The van der Waals surface area contributed by atoms with E-state index in [1.54, 1.807) is 0 Å². The molecular weight excluding hydrogens is 230 g/mol. The van der Waals surface area contributed by atoms with Crippen molar-refractivity contribution in [3.8, 4) is 0 Å². The highest BCUT2D eigenvalue weighted by Gasteiger charge is 2.30. The molecule has 2 rings (SSSR count). The fourth-order valence-electron chi connectivity index (χ4n) is 2.31. The van der Waals surface area contributed by atoms with Crippen molar-refractivity contribution in [2.45, 2.75) is 58.9 Å². The Labute approximate surface area is 108 Å². The molecule has 1 aliphatic rings. The molecule has 3 unspecified atom stereocenters. The minimum atomic E-state index is 0.0466. The zero-order valence-corrected chi connectivity index (χ0v) is 12.3. The van der Waals surface area contributed by atoms with Crippen molar-refractivity contribution in [1.82, 2.24) is 9.36 Å². The number of rotatable bonds is 2. The summed E-state index contributed by atoms with van der Waals surface area (Å²) in [5.41, 5.74) is 0.0466. The second kappa shape index (κ2) is 4.56. The van der Waals surface area contributed by atoms with Gasteiger partial charge in [-0.3, -0.25) is 0 Å². The molecule has 3 atom stereocenters. The number of anilines is 1. The summed E-state index contributed by atoms with van der Waals surface area (Å²) < 4.78 is 4.44. The van der Waals surface area contributed by atoms with Crippen LogP contribution in [0, 0.1) is 11.8 Å². The van der Waals surface area contributed by atoms with Crippen LogP contribution >= 0.6 is 11.5 Å². The van der Waals surface area contributed by atoms with Gasteiger partial charge in [0.2, 0.25) is 5.13 Å². The largest absolute Gasteiger partial charge is 0.357 e. The Morgan fingerprint density at radius 1 is 1.24 bits per heavy atom. The third-order valence-electron chi connectivity index (χ3n) is 3.87. The Hall–Kier alpha value is -0.640. The molecule has 96 valence electrons. The van der Waals surface area contributed by atoms with Crippen LogP contribution in [0.2, 0.25) is 0 Å². The Balaban J connectivity index is 2.03. The van der Waals surface area contributed by atoms with Gasteiger partial charge in [-0.05, 0) is 24.7 Å². The van der Waals surface area contributed by atoms with Gasteiger partial charge in [-0.15, -0.1) is 0 Å². The first-order chi connectivity index (χ1) is 7.88. The van der Waals surface area contributed by atoms with Crippen molar-refractivity contribution >= 4 is 16.7 Å². The van der Waals surface area contributed by atoms with Crippen molar-refractivity contribution in [3.63, 3.8) is 0 Å². The van der Waals surface area contributed by atoms with Gasteiger partial charge in [0, 0.05) is 23.0 Å². The standard InChI is InChI=1S/C13H23N3S/c1-8-6-7-10(9(8)2)14-12-15-11(16-17-12)13(3,4)5/h8-10H,6-7H2,1-5H3,(H,14,15,16).